The van der Waals surface area contributed by atoms with E-state index in [2.05, 4.69) is 4.98 Å². The van der Waals surface area contributed by atoms with Crippen LogP contribution in [0.25, 0.3) is 0 Å². The first-order valence-corrected chi connectivity index (χ1v) is 4.39. The molecule has 1 aliphatic rings. The van der Waals surface area contributed by atoms with Gasteiger partial charge in [0.15, 0.2) is 0 Å². The number of nitrogens with two attached hydrogens (primary N) is 2. The first kappa shape index (κ1) is 8.80. The molecule has 0 aliphatic heterocycles. The molecule has 4 N–H and O–H groups in total. The summed E-state index contributed by atoms with van der Waals surface area (Å²) >= 11 is 0. The Hall–Kier alpha value is -1.78. The minimum Gasteiger partial charge on any atom is -0.490 e. The Balaban J connectivity index is 2.25. The van der Waals surface area contributed by atoms with Gasteiger partial charge in [0.2, 0.25) is 0 Å². The SMILES string of the molecule is NC(=O)c1cc(OC2CC2)cc(N)n1. The smallest absolute Gasteiger partial charge is 0.267 e. The average Bonchev–Trinajstić information content (AvgIpc) is 2.87. The molecule has 1 fully saturated rings. The molecule has 0 saturated heterocycles. The van der Waals surface area contributed by atoms with Crippen LogP contribution in [0.4, 0.5) is 5.82 Å². The molecule has 1 aromatic heterocycles. The summed E-state index contributed by atoms with van der Waals surface area (Å²) in [6, 6.07) is 3.10. The number of nitrogen functional groups attached to an aromatic ring is 1. The number of rotatable bonds is 3. The minimum atomic E-state index is -0.599. The first-order valence-electron chi connectivity index (χ1n) is 4.39. The number of aromatic nitrogens is 1. The van der Waals surface area contributed by atoms with Crippen LogP contribution in [0.2, 0.25) is 0 Å². The number of hydrogen-bond donors (Lipinski definition) is 2. The Labute approximate surface area is 81.1 Å². The molecule has 5 heteroatoms. The van der Waals surface area contributed by atoms with Crippen LogP contribution < -0.4 is 16.2 Å². The van der Waals surface area contributed by atoms with Crippen molar-refractivity contribution in [2.24, 2.45) is 5.73 Å². The number of carbonyl (C=O) groups is 1. The fourth-order valence-electron chi connectivity index (χ4n) is 1.10. The summed E-state index contributed by atoms with van der Waals surface area (Å²) in [5, 5.41) is 0. The Morgan fingerprint density at radius 2 is 2.21 bits per heavy atom. The summed E-state index contributed by atoms with van der Waals surface area (Å²) in [6.45, 7) is 0. The number of carbonyl (C=O) groups excluding carboxylic acids is 1. The second kappa shape index (κ2) is 3.17. The highest BCUT2D eigenvalue weighted by Crippen LogP contribution is 2.27. The fraction of sp³-hybridized carbons (Fsp3) is 0.333. The van der Waals surface area contributed by atoms with Crippen molar-refractivity contribution in [3.05, 3.63) is 17.8 Å². The number of pyridine rings is 1. The molecule has 0 aromatic carbocycles. The lowest BCUT2D eigenvalue weighted by Gasteiger charge is -2.05. The molecule has 0 atom stereocenters. The van der Waals surface area contributed by atoms with Gasteiger partial charge in [-0.2, -0.15) is 0 Å². The van der Waals surface area contributed by atoms with Gasteiger partial charge in [0.05, 0.1) is 6.10 Å². The average molecular weight is 193 g/mol. The molecule has 1 aromatic rings. The standard InChI is InChI=1S/C9H11N3O2/c10-8-4-6(14-5-1-2-5)3-7(12-8)9(11)13/h3-5H,1-2H2,(H2,10,12)(H2,11,13). The fourth-order valence-corrected chi connectivity index (χ4v) is 1.10. The molecule has 0 bridgehead atoms. The molecule has 14 heavy (non-hydrogen) atoms. The van der Waals surface area contributed by atoms with Crippen molar-refractivity contribution in [1.82, 2.24) is 4.98 Å². The number of anilines is 1. The normalized spacial score (nSPS) is 15.1. The molecule has 1 saturated carbocycles. The zero-order valence-corrected chi connectivity index (χ0v) is 7.56. The van der Waals surface area contributed by atoms with Gasteiger partial charge in [-0.1, -0.05) is 0 Å². The van der Waals surface area contributed by atoms with Crippen molar-refractivity contribution in [2.75, 3.05) is 5.73 Å². The Kier molecular flexibility index (Phi) is 1.99. The maximum atomic E-state index is 10.9. The second-order valence-corrected chi connectivity index (χ2v) is 3.29. The summed E-state index contributed by atoms with van der Waals surface area (Å²) in [5.74, 6) is 0.212. The molecule has 0 unspecified atom stereocenters. The largest absolute Gasteiger partial charge is 0.490 e. The van der Waals surface area contributed by atoms with Crippen LogP contribution in [0.5, 0.6) is 5.75 Å². The highest BCUT2D eigenvalue weighted by molar-refractivity contribution is 5.91. The van der Waals surface area contributed by atoms with E-state index in [0.717, 1.165) is 12.8 Å². The monoisotopic (exact) mass is 193 g/mol. The van der Waals surface area contributed by atoms with E-state index in [1.807, 2.05) is 0 Å². The van der Waals surface area contributed by atoms with Gasteiger partial charge in [-0.05, 0) is 12.8 Å². The molecule has 0 spiro atoms. The highest BCUT2D eigenvalue weighted by Gasteiger charge is 2.24. The van der Waals surface area contributed by atoms with Crippen molar-refractivity contribution < 1.29 is 9.53 Å². The third-order valence-corrected chi connectivity index (χ3v) is 1.90. The second-order valence-electron chi connectivity index (χ2n) is 3.29. The first-order chi connectivity index (χ1) is 6.65. The summed E-state index contributed by atoms with van der Waals surface area (Å²) in [7, 11) is 0. The van der Waals surface area contributed by atoms with Crippen LogP contribution in [0.1, 0.15) is 23.3 Å². The van der Waals surface area contributed by atoms with Gasteiger partial charge >= 0.3 is 0 Å². The van der Waals surface area contributed by atoms with E-state index in [0.29, 0.717) is 5.75 Å². The molecular weight excluding hydrogens is 182 g/mol. The minimum absolute atomic E-state index is 0.139. The number of amides is 1. The lowest BCUT2D eigenvalue weighted by atomic mass is 10.3. The predicted octanol–water partition coefficient (Wildman–Crippen LogP) is 0.304. The van der Waals surface area contributed by atoms with Gasteiger partial charge in [0.1, 0.15) is 17.3 Å². The summed E-state index contributed by atoms with van der Waals surface area (Å²) in [4.78, 5) is 14.6. The van der Waals surface area contributed by atoms with E-state index < -0.39 is 5.91 Å². The lowest BCUT2D eigenvalue weighted by molar-refractivity contribution is 0.0995. The Bertz CT molecular complexity index is 374. The predicted molar refractivity (Wildman–Crippen MR) is 50.8 cm³/mol. The molecule has 0 radical (unpaired) electrons. The number of primary amides is 1. The maximum Gasteiger partial charge on any atom is 0.267 e. The van der Waals surface area contributed by atoms with Crippen LogP contribution in [0, 0.1) is 0 Å². The molecule has 74 valence electrons. The topological polar surface area (TPSA) is 91.2 Å². The van der Waals surface area contributed by atoms with Crippen molar-refractivity contribution in [2.45, 2.75) is 18.9 Å². The van der Waals surface area contributed by atoms with Crippen LogP contribution >= 0.6 is 0 Å². The van der Waals surface area contributed by atoms with E-state index in [4.69, 9.17) is 16.2 Å². The molecule has 1 aliphatic carbocycles. The van der Waals surface area contributed by atoms with Gasteiger partial charge in [-0.25, -0.2) is 4.98 Å². The molecule has 2 rings (SSSR count). The number of ether oxygens (including phenoxy) is 1. The lowest BCUT2D eigenvalue weighted by Crippen LogP contribution is -2.14. The third kappa shape index (κ3) is 1.93. The van der Waals surface area contributed by atoms with Crippen LogP contribution in [0.3, 0.4) is 0 Å². The van der Waals surface area contributed by atoms with Crippen molar-refractivity contribution in [1.29, 1.82) is 0 Å². The summed E-state index contributed by atoms with van der Waals surface area (Å²) in [5.41, 5.74) is 10.7. The van der Waals surface area contributed by atoms with Gasteiger partial charge in [0, 0.05) is 12.1 Å². The van der Waals surface area contributed by atoms with E-state index in [9.17, 15) is 4.79 Å². The van der Waals surface area contributed by atoms with E-state index >= 15 is 0 Å². The zero-order valence-electron chi connectivity index (χ0n) is 7.56. The highest BCUT2D eigenvalue weighted by atomic mass is 16.5. The molecule has 1 heterocycles. The van der Waals surface area contributed by atoms with Gasteiger partial charge in [-0.3, -0.25) is 4.79 Å². The van der Waals surface area contributed by atoms with Gasteiger partial charge < -0.3 is 16.2 Å². The quantitative estimate of drug-likeness (QED) is 0.722. The van der Waals surface area contributed by atoms with Crippen LogP contribution in [0.15, 0.2) is 12.1 Å². The van der Waals surface area contributed by atoms with Gasteiger partial charge in [0.25, 0.3) is 5.91 Å². The zero-order chi connectivity index (χ0) is 10.1. The van der Waals surface area contributed by atoms with Crippen molar-refractivity contribution >= 4 is 11.7 Å². The third-order valence-electron chi connectivity index (χ3n) is 1.90. The van der Waals surface area contributed by atoms with Gasteiger partial charge in [-0.15, -0.1) is 0 Å². The van der Waals surface area contributed by atoms with Crippen molar-refractivity contribution in [3.63, 3.8) is 0 Å². The van der Waals surface area contributed by atoms with Crippen LogP contribution in [-0.2, 0) is 0 Å². The summed E-state index contributed by atoms with van der Waals surface area (Å²) in [6.07, 6.45) is 2.36. The number of hydrogen-bond acceptors (Lipinski definition) is 4. The van der Waals surface area contributed by atoms with E-state index in [-0.39, 0.29) is 17.6 Å². The van der Waals surface area contributed by atoms with Crippen molar-refractivity contribution in [3.8, 4) is 5.75 Å². The molecular formula is C9H11N3O2. The number of nitrogens with zero attached hydrogens (tertiary/aromatic N) is 1. The Morgan fingerprint density at radius 3 is 2.79 bits per heavy atom. The van der Waals surface area contributed by atoms with Crippen LogP contribution in [-0.4, -0.2) is 17.0 Å². The molecule has 5 nitrogen and oxygen atoms in total. The van der Waals surface area contributed by atoms with E-state index in [1.165, 1.54) is 6.07 Å². The Morgan fingerprint density at radius 1 is 1.50 bits per heavy atom. The summed E-state index contributed by atoms with van der Waals surface area (Å²) < 4.78 is 5.47. The maximum absolute atomic E-state index is 10.9. The molecule has 1 amide bonds. The van der Waals surface area contributed by atoms with E-state index in [1.54, 1.807) is 6.07 Å².